The molecular formula is C19H18ClN3OS2. The van der Waals surface area contributed by atoms with Gasteiger partial charge in [0.05, 0.1) is 28.4 Å². The van der Waals surface area contributed by atoms with E-state index in [9.17, 15) is 4.79 Å². The number of nitrogens with zero attached hydrogens (tertiary/aromatic N) is 2. The van der Waals surface area contributed by atoms with E-state index in [1.807, 2.05) is 41.1 Å². The molecule has 4 nitrogen and oxygen atoms in total. The lowest BCUT2D eigenvalue weighted by molar-refractivity contribution is -0.115. The Kier molecular flexibility index (Phi) is 5.24. The Labute approximate surface area is 165 Å². The lowest BCUT2D eigenvalue weighted by Crippen LogP contribution is -2.21. The molecule has 0 atom stereocenters. The first-order valence-electron chi connectivity index (χ1n) is 8.52. The van der Waals surface area contributed by atoms with Crippen molar-refractivity contribution in [3.05, 3.63) is 51.8 Å². The van der Waals surface area contributed by atoms with Crippen LogP contribution < -0.4 is 10.2 Å². The summed E-state index contributed by atoms with van der Waals surface area (Å²) in [5.74, 6) is -0.0734. The van der Waals surface area contributed by atoms with Gasteiger partial charge in [-0.1, -0.05) is 17.7 Å². The van der Waals surface area contributed by atoms with Crippen LogP contribution in [0.1, 0.15) is 18.5 Å². The molecule has 0 saturated carbocycles. The van der Waals surface area contributed by atoms with Gasteiger partial charge in [-0.25, -0.2) is 4.98 Å². The molecule has 0 radical (unpaired) electrons. The highest BCUT2D eigenvalue weighted by Crippen LogP contribution is 2.32. The number of carbonyl (C=O) groups is 1. The second kappa shape index (κ2) is 7.78. The molecule has 4 rings (SSSR count). The van der Waals surface area contributed by atoms with Crippen molar-refractivity contribution in [1.82, 2.24) is 4.98 Å². The number of amides is 1. The van der Waals surface area contributed by atoms with Crippen molar-refractivity contribution in [3.63, 3.8) is 0 Å². The highest BCUT2D eigenvalue weighted by Gasteiger charge is 2.18. The molecule has 0 unspecified atom stereocenters. The third kappa shape index (κ3) is 3.92. The topological polar surface area (TPSA) is 45.2 Å². The second-order valence-electron chi connectivity index (χ2n) is 6.20. The SMILES string of the molecule is O=C(Cc1csc(-c2cccs2)n1)Nc1cc(Cl)ccc1N1CCCC1. The summed E-state index contributed by atoms with van der Waals surface area (Å²) in [4.78, 5) is 20.6. The van der Waals surface area contributed by atoms with Gasteiger partial charge in [0.25, 0.3) is 0 Å². The minimum atomic E-state index is -0.0734. The standard InChI is InChI=1S/C19H18ClN3OS2/c20-13-5-6-16(23-7-1-2-8-23)15(10-13)22-18(24)11-14-12-26-19(21-14)17-4-3-9-25-17/h3-6,9-10,12H,1-2,7-8,11H2,(H,22,24). The third-order valence-corrected chi connectivity index (χ3v) is 6.47. The molecule has 26 heavy (non-hydrogen) atoms. The number of halogens is 1. The van der Waals surface area contributed by atoms with Crippen LogP contribution in [0, 0.1) is 0 Å². The smallest absolute Gasteiger partial charge is 0.230 e. The van der Waals surface area contributed by atoms with Crippen molar-refractivity contribution in [2.24, 2.45) is 0 Å². The van der Waals surface area contributed by atoms with E-state index in [0.717, 1.165) is 40.0 Å². The van der Waals surface area contributed by atoms with Crippen molar-refractivity contribution in [3.8, 4) is 9.88 Å². The number of benzene rings is 1. The summed E-state index contributed by atoms with van der Waals surface area (Å²) < 4.78 is 0. The maximum atomic E-state index is 12.6. The maximum Gasteiger partial charge on any atom is 0.230 e. The minimum Gasteiger partial charge on any atom is -0.370 e. The van der Waals surface area contributed by atoms with Gasteiger partial charge in [0.1, 0.15) is 5.01 Å². The van der Waals surface area contributed by atoms with Gasteiger partial charge in [0.15, 0.2) is 0 Å². The number of hydrogen-bond acceptors (Lipinski definition) is 5. The van der Waals surface area contributed by atoms with Crippen molar-refractivity contribution < 1.29 is 4.79 Å². The van der Waals surface area contributed by atoms with Crippen LogP contribution in [0.4, 0.5) is 11.4 Å². The molecule has 1 aliphatic heterocycles. The molecule has 7 heteroatoms. The number of thiophene rings is 1. The number of carbonyl (C=O) groups excluding carboxylic acids is 1. The van der Waals surface area contributed by atoms with Gasteiger partial charge in [-0.05, 0) is 42.5 Å². The Morgan fingerprint density at radius 2 is 2.08 bits per heavy atom. The van der Waals surface area contributed by atoms with Crippen LogP contribution >= 0.6 is 34.3 Å². The summed E-state index contributed by atoms with van der Waals surface area (Å²) in [7, 11) is 0. The van der Waals surface area contributed by atoms with Crippen molar-refractivity contribution in [2.45, 2.75) is 19.3 Å². The van der Waals surface area contributed by atoms with E-state index in [1.54, 1.807) is 22.7 Å². The Morgan fingerprint density at radius 1 is 1.23 bits per heavy atom. The first-order chi connectivity index (χ1) is 12.7. The first-order valence-corrected chi connectivity index (χ1v) is 10.7. The highest BCUT2D eigenvalue weighted by atomic mass is 35.5. The van der Waals surface area contributed by atoms with Gasteiger partial charge in [-0.2, -0.15) is 0 Å². The predicted octanol–water partition coefficient (Wildman–Crippen LogP) is 5.31. The lowest BCUT2D eigenvalue weighted by Gasteiger charge is -2.21. The number of hydrogen-bond donors (Lipinski definition) is 1. The molecule has 0 bridgehead atoms. The molecule has 0 spiro atoms. The van der Waals surface area contributed by atoms with Crippen LogP contribution in [0.5, 0.6) is 0 Å². The molecule has 1 amide bonds. The summed E-state index contributed by atoms with van der Waals surface area (Å²) in [6.07, 6.45) is 2.62. The molecule has 3 heterocycles. The highest BCUT2D eigenvalue weighted by molar-refractivity contribution is 7.20. The van der Waals surface area contributed by atoms with E-state index >= 15 is 0 Å². The van der Waals surface area contributed by atoms with Gasteiger partial charge < -0.3 is 10.2 Å². The minimum absolute atomic E-state index is 0.0734. The van der Waals surface area contributed by atoms with E-state index in [1.165, 1.54) is 12.8 Å². The zero-order valence-corrected chi connectivity index (χ0v) is 16.5. The van der Waals surface area contributed by atoms with Crippen molar-refractivity contribution >= 4 is 51.6 Å². The first kappa shape index (κ1) is 17.5. The molecule has 1 saturated heterocycles. The van der Waals surface area contributed by atoms with Gasteiger partial charge in [0.2, 0.25) is 5.91 Å². The van der Waals surface area contributed by atoms with Crippen LogP contribution in [0.2, 0.25) is 5.02 Å². The molecular weight excluding hydrogens is 386 g/mol. The van der Waals surface area contributed by atoms with Gasteiger partial charge >= 0.3 is 0 Å². The third-order valence-electron chi connectivity index (χ3n) is 4.30. The van der Waals surface area contributed by atoms with Crippen LogP contribution in [0.3, 0.4) is 0 Å². The van der Waals surface area contributed by atoms with Crippen LogP contribution in [0.15, 0.2) is 41.1 Å². The predicted molar refractivity (Wildman–Crippen MR) is 111 cm³/mol. The van der Waals surface area contributed by atoms with Crippen LogP contribution in [-0.2, 0) is 11.2 Å². The van der Waals surface area contributed by atoms with Gasteiger partial charge in [-0.15, -0.1) is 22.7 Å². The normalized spacial score (nSPS) is 14.0. The fourth-order valence-corrected chi connectivity index (χ4v) is 4.91. The van der Waals surface area contributed by atoms with Gasteiger partial charge in [-0.3, -0.25) is 4.79 Å². The van der Waals surface area contributed by atoms with Gasteiger partial charge in [0, 0.05) is 23.5 Å². The summed E-state index contributed by atoms with van der Waals surface area (Å²) in [5, 5.41) is 8.59. The number of aromatic nitrogens is 1. The zero-order chi connectivity index (χ0) is 17.9. The fraction of sp³-hybridized carbons (Fsp3) is 0.263. The summed E-state index contributed by atoms with van der Waals surface area (Å²) >= 11 is 9.38. The maximum absolute atomic E-state index is 12.6. The Balaban J connectivity index is 1.47. The van der Waals surface area contributed by atoms with Crippen LogP contribution in [0.25, 0.3) is 9.88 Å². The molecule has 0 aliphatic carbocycles. The summed E-state index contributed by atoms with van der Waals surface area (Å²) in [6.45, 7) is 2.03. The van der Waals surface area contributed by atoms with E-state index in [0.29, 0.717) is 5.02 Å². The Morgan fingerprint density at radius 3 is 2.85 bits per heavy atom. The molecule has 1 fully saturated rings. The molecule has 2 aromatic heterocycles. The zero-order valence-electron chi connectivity index (χ0n) is 14.1. The molecule has 1 aromatic carbocycles. The quantitative estimate of drug-likeness (QED) is 0.628. The van der Waals surface area contributed by atoms with E-state index in [-0.39, 0.29) is 12.3 Å². The van der Waals surface area contributed by atoms with E-state index < -0.39 is 0 Å². The largest absolute Gasteiger partial charge is 0.370 e. The average molecular weight is 404 g/mol. The molecule has 1 aliphatic rings. The van der Waals surface area contributed by atoms with E-state index in [4.69, 9.17) is 11.6 Å². The molecule has 1 N–H and O–H groups in total. The fourth-order valence-electron chi connectivity index (χ4n) is 3.10. The number of anilines is 2. The Hall–Kier alpha value is -1.89. The molecule has 134 valence electrons. The lowest BCUT2D eigenvalue weighted by atomic mass is 10.2. The Bertz CT molecular complexity index is 901. The number of thiazole rings is 1. The van der Waals surface area contributed by atoms with Crippen molar-refractivity contribution in [2.75, 3.05) is 23.3 Å². The van der Waals surface area contributed by atoms with E-state index in [2.05, 4.69) is 15.2 Å². The van der Waals surface area contributed by atoms with Crippen molar-refractivity contribution in [1.29, 1.82) is 0 Å². The number of nitrogens with one attached hydrogen (secondary N) is 1. The second-order valence-corrected chi connectivity index (χ2v) is 8.44. The average Bonchev–Trinajstić information content (AvgIpc) is 3.37. The molecule has 3 aromatic rings. The van der Waals surface area contributed by atoms with Crippen LogP contribution in [-0.4, -0.2) is 24.0 Å². The number of rotatable bonds is 5. The summed E-state index contributed by atoms with van der Waals surface area (Å²) in [5.41, 5.74) is 2.61. The summed E-state index contributed by atoms with van der Waals surface area (Å²) in [6, 6.07) is 9.74. The monoisotopic (exact) mass is 403 g/mol.